The molecule has 2 rings (SSSR count). The third kappa shape index (κ3) is 2.60. The minimum Gasteiger partial charge on any atom is -0.508 e. The Labute approximate surface area is 109 Å². The van der Waals surface area contributed by atoms with Crippen molar-refractivity contribution in [2.24, 2.45) is 5.73 Å². The van der Waals surface area contributed by atoms with Gasteiger partial charge in [-0.15, -0.1) is 0 Å². The van der Waals surface area contributed by atoms with Crippen molar-refractivity contribution in [1.29, 1.82) is 0 Å². The van der Waals surface area contributed by atoms with E-state index < -0.39 is 0 Å². The molecule has 4 nitrogen and oxygen atoms in total. The van der Waals surface area contributed by atoms with Crippen LogP contribution in [0.2, 0.25) is 0 Å². The van der Waals surface area contributed by atoms with Crippen LogP contribution in [0, 0.1) is 0 Å². The maximum Gasteiger partial charge on any atom is 0.122 e. The van der Waals surface area contributed by atoms with Crippen molar-refractivity contribution in [3.63, 3.8) is 0 Å². The largest absolute Gasteiger partial charge is 0.508 e. The van der Waals surface area contributed by atoms with Crippen molar-refractivity contribution in [3.8, 4) is 5.75 Å². The number of hydrogen-bond acceptors (Lipinski definition) is 4. The van der Waals surface area contributed by atoms with Gasteiger partial charge in [0.25, 0.3) is 0 Å². The van der Waals surface area contributed by atoms with Gasteiger partial charge >= 0.3 is 0 Å². The van der Waals surface area contributed by atoms with Gasteiger partial charge in [0.1, 0.15) is 5.75 Å². The van der Waals surface area contributed by atoms with Gasteiger partial charge in [0.2, 0.25) is 0 Å². The molecule has 0 amide bonds. The molecule has 0 bridgehead atoms. The summed E-state index contributed by atoms with van der Waals surface area (Å²) in [5.41, 5.74) is 7.69. The number of likely N-dealkylation sites (N-methyl/N-ethyl adjacent to an activating group) is 1. The molecular weight excluding hydrogens is 226 g/mol. The Balaban J connectivity index is 2.17. The molecule has 1 aromatic rings. The van der Waals surface area contributed by atoms with E-state index in [-0.39, 0.29) is 6.04 Å². The molecule has 1 heterocycles. The summed E-state index contributed by atoms with van der Waals surface area (Å²) in [7, 11) is 2.15. The molecule has 2 unspecified atom stereocenters. The Kier molecular flexibility index (Phi) is 3.78. The summed E-state index contributed by atoms with van der Waals surface area (Å²) in [6.07, 6.45) is 0. The minimum atomic E-state index is -0.134. The van der Waals surface area contributed by atoms with E-state index in [1.54, 1.807) is 0 Å². The monoisotopic (exact) mass is 249 g/mol. The SMILES string of the molecule is CC(N)c1ccc(N2CCN(C)C(C)C2)cc1O. The fourth-order valence-corrected chi connectivity index (χ4v) is 2.40. The van der Waals surface area contributed by atoms with Crippen LogP contribution in [0.15, 0.2) is 18.2 Å². The molecule has 0 aliphatic carbocycles. The Morgan fingerprint density at radius 1 is 1.39 bits per heavy atom. The summed E-state index contributed by atoms with van der Waals surface area (Å²) in [5, 5.41) is 9.99. The molecule has 18 heavy (non-hydrogen) atoms. The van der Waals surface area contributed by atoms with Crippen LogP contribution in [0.4, 0.5) is 5.69 Å². The molecule has 1 aromatic carbocycles. The van der Waals surface area contributed by atoms with Crippen LogP contribution >= 0.6 is 0 Å². The van der Waals surface area contributed by atoms with E-state index in [0.717, 1.165) is 30.9 Å². The van der Waals surface area contributed by atoms with Crippen LogP contribution in [-0.4, -0.2) is 42.7 Å². The molecule has 0 spiro atoms. The van der Waals surface area contributed by atoms with Crippen LogP contribution in [-0.2, 0) is 0 Å². The first-order valence-electron chi connectivity index (χ1n) is 6.52. The molecule has 0 aromatic heterocycles. The van der Waals surface area contributed by atoms with Gasteiger partial charge in [-0.25, -0.2) is 0 Å². The maximum absolute atomic E-state index is 9.99. The lowest BCUT2D eigenvalue weighted by atomic mass is 10.1. The second-order valence-corrected chi connectivity index (χ2v) is 5.31. The van der Waals surface area contributed by atoms with Crippen molar-refractivity contribution in [2.75, 3.05) is 31.6 Å². The standard InChI is InChI=1S/C14H23N3O/c1-10-9-17(7-6-16(10)3)12-4-5-13(11(2)15)14(18)8-12/h4-5,8,10-11,18H,6-7,9,15H2,1-3H3. The van der Waals surface area contributed by atoms with E-state index >= 15 is 0 Å². The summed E-state index contributed by atoms with van der Waals surface area (Å²) in [6, 6.07) is 6.21. The highest BCUT2D eigenvalue weighted by Crippen LogP contribution is 2.29. The number of rotatable bonds is 2. The minimum absolute atomic E-state index is 0.134. The lowest BCUT2D eigenvalue weighted by molar-refractivity contribution is 0.234. The third-order valence-electron chi connectivity index (χ3n) is 3.83. The van der Waals surface area contributed by atoms with Gasteiger partial charge in [-0.1, -0.05) is 6.07 Å². The number of nitrogens with two attached hydrogens (primary N) is 1. The lowest BCUT2D eigenvalue weighted by Crippen LogP contribution is -2.50. The molecular formula is C14H23N3O. The molecule has 3 N–H and O–H groups in total. The molecule has 1 aliphatic rings. The second-order valence-electron chi connectivity index (χ2n) is 5.31. The first-order valence-corrected chi connectivity index (χ1v) is 6.52. The zero-order valence-electron chi connectivity index (χ0n) is 11.4. The Morgan fingerprint density at radius 3 is 2.67 bits per heavy atom. The van der Waals surface area contributed by atoms with Gasteiger partial charge in [0.05, 0.1) is 0 Å². The summed E-state index contributed by atoms with van der Waals surface area (Å²) >= 11 is 0. The summed E-state index contributed by atoms with van der Waals surface area (Å²) in [6.45, 7) is 7.15. The van der Waals surface area contributed by atoms with Crippen LogP contribution in [0.5, 0.6) is 5.75 Å². The second kappa shape index (κ2) is 5.16. The highest BCUT2D eigenvalue weighted by atomic mass is 16.3. The Bertz CT molecular complexity index is 420. The van der Waals surface area contributed by atoms with Crippen molar-refractivity contribution in [1.82, 2.24) is 4.90 Å². The lowest BCUT2D eigenvalue weighted by Gasteiger charge is -2.39. The van der Waals surface area contributed by atoms with Crippen molar-refractivity contribution in [3.05, 3.63) is 23.8 Å². The first kappa shape index (κ1) is 13.2. The van der Waals surface area contributed by atoms with E-state index in [2.05, 4.69) is 29.8 Å². The molecule has 0 radical (unpaired) electrons. The molecule has 4 heteroatoms. The molecule has 1 saturated heterocycles. The number of piperazine rings is 1. The fourth-order valence-electron chi connectivity index (χ4n) is 2.40. The maximum atomic E-state index is 9.99. The van der Waals surface area contributed by atoms with E-state index in [0.29, 0.717) is 11.8 Å². The number of nitrogens with zero attached hydrogens (tertiary/aromatic N) is 2. The van der Waals surface area contributed by atoms with E-state index in [9.17, 15) is 5.11 Å². The van der Waals surface area contributed by atoms with Crippen LogP contribution in [0.1, 0.15) is 25.5 Å². The number of benzene rings is 1. The van der Waals surface area contributed by atoms with Crippen LogP contribution in [0.25, 0.3) is 0 Å². The van der Waals surface area contributed by atoms with Crippen molar-refractivity contribution < 1.29 is 5.11 Å². The van der Waals surface area contributed by atoms with Crippen molar-refractivity contribution >= 4 is 5.69 Å². The number of aromatic hydroxyl groups is 1. The van der Waals surface area contributed by atoms with Gasteiger partial charge in [-0.3, -0.25) is 0 Å². The number of hydrogen-bond donors (Lipinski definition) is 2. The van der Waals surface area contributed by atoms with Crippen molar-refractivity contribution in [2.45, 2.75) is 25.9 Å². The molecule has 0 saturated carbocycles. The van der Waals surface area contributed by atoms with Gasteiger partial charge in [0, 0.05) is 49.0 Å². The third-order valence-corrected chi connectivity index (χ3v) is 3.83. The fraction of sp³-hybridized carbons (Fsp3) is 0.571. The normalized spacial score (nSPS) is 23.1. The molecule has 1 aliphatic heterocycles. The predicted octanol–water partition coefficient (Wildman–Crippen LogP) is 1.55. The highest BCUT2D eigenvalue weighted by molar-refractivity contribution is 5.54. The predicted molar refractivity (Wildman–Crippen MR) is 75.0 cm³/mol. The molecule has 2 atom stereocenters. The summed E-state index contributed by atoms with van der Waals surface area (Å²) in [4.78, 5) is 4.67. The average Bonchev–Trinajstić information content (AvgIpc) is 2.32. The van der Waals surface area contributed by atoms with E-state index in [1.807, 2.05) is 19.1 Å². The number of phenols is 1. The average molecular weight is 249 g/mol. The smallest absolute Gasteiger partial charge is 0.122 e. The van der Waals surface area contributed by atoms with E-state index in [4.69, 9.17) is 5.73 Å². The van der Waals surface area contributed by atoms with Gasteiger partial charge in [0.15, 0.2) is 0 Å². The molecule has 100 valence electrons. The number of anilines is 1. The summed E-state index contributed by atoms with van der Waals surface area (Å²) in [5.74, 6) is 0.300. The topological polar surface area (TPSA) is 52.7 Å². The quantitative estimate of drug-likeness (QED) is 0.835. The number of phenolic OH excluding ortho intramolecular Hbond substituents is 1. The Morgan fingerprint density at radius 2 is 2.11 bits per heavy atom. The Hall–Kier alpha value is -1.26. The van der Waals surface area contributed by atoms with Crippen LogP contribution in [0.3, 0.4) is 0 Å². The zero-order chi connectivity index (χ0) is 13.3. The molecule has 1 fully saturated rings. The van der Waals surface area contributed by atoms with Crippen LogP contribution < -0.4 is 10.6 Å². The van der Waals surface area contributed by atoms with Gasteiger partial charge in [-0.05, 0) is 27.0 Å². The highest BCUT2D eigenvalue weighted by Gasteiger charge is 2.21. The van der Waals surface area contributed by atoms with Gasteiger partial charge < -0.3 is 20.6 Å². The summed E-state index contributed by atoms with van der Waals surface area (Å²) < 4.78 is 0. The van der Waals surface area contributed by atoms with Gasteiger partial charge in [-0.2, -0.15) is 0 Å². The zero-order valence-corrected chi connectivity index (χ0v) is 11.4. The van der Waals surface area contributed by atoms with E-state index in [1.165, 1.54) is 0 Å². The first-order chi connectivity index (χ1) is 8.49.